The van der Waals surface area contributed by atoms with E-state index in [1.54, 1.807) is 13.3 Å². The predicted molar refractivity (Wildman–Crippen MR) is 110 cm³/mol. The Balaban J connectivity index is 1.75. The van der Waals surface area contributed by atoms with Crippen LogP contribution in [-0.2, 0) is 12.0 Å². The second kappa shape index (κ2) is 9.40. The first kappa shape index (κ1) is 19.2. The van der Waals surface area contributed by atoms with Crippen LogP contribution in [0, 0.1) is 0 Å². The lowest BCUT2D eigenvalue weighted by Crippen LogP contribution is -2.44. The fourth-order valence-electron chi connectivity index (χ4n) is 3.92. The van der Waals surface area contributed by atoms with Crippen molar-refractivity contribution < 1.29 is 4.74 Å². The number of nitrogens with one attached hydrogen (secondary N) is 2. The lowest BCUT2D eigenvalue weighted by Gasteiger charge is -2.32. The number of aromatic nitrogens is 1. The fourth-order valence-corrected chi connectivity index (χ4v) is 3.92. The number of ether oxygens (including phenoxy) is 1. The van der Waals surface area contributed by atoms with Crippen molar-refractivity contribution in [2.45, 2.75) is 44.6 Å². The summed E-state index contributed by atoms with van der Waals surface area (Å²) in [6, 6.07) is 14.3. The number of rotatable bonds is 7. The molecule has 5 heteroatoms. The van der Waals surface area contributed by atoms with Crippen LogP contribution in [0.2, 0.25) is 0 Å². The quantitative estimate of drug-likeness (QED) is 0.580. The lowest BCUT2D eigenvalue weighted by atomic mass is 9.78. The third kappa shape index (κ3) is 4.79. The molecule has 144 valence electrons. The van der Waals surface area contributed by atoms with Crippen LogP contribution in [-0.4, -0.2) is 31.1 Å². The highest BCUT2D eigenvalue weighted by Crippen LogP contribution is 2.44. The number of hydrogen-bond acceptors (Lipinski definition) is 3. The topological polar surface area (TPSA) is 58.5 Å². The van der Waals surface area contributed by atoms with Crippen LogP contribution in [0.5, 0.6) is 5.75 Å². The van der Waals surface area contributed by atoms with Crippen LogP contribution in [0.4, 0.5) is 0 Å². The van der Waals surface area contributed by atoms with Gasteiger partial charge in [0.25, 0.3) is 0 Å². The van der Waals surface area contributed by atoms with Crippen LogP contribution in [0.25, 0.3) is 0 Å². The smallest absolute Gasteiger partial charge is 0.191 e. The Hall–Kier alpha value is -2.56. The third-order valence-electron chi connectivity index (χ3n) is 5.30. The summed E-state index contributed by atoms with van der Waals surface area (Å²) in [5, 5.41) is 6.93. The van der Waals surface area contributed by atoms with Crippen molar-refractivity contribution in [3.63, 3.8) is 0 Å². The molecule has 0 saturated heterocycles. The monoisotopic (exact) mass is 366 g/mol. The highest BCUT2D eigenvalue weighted by molar-refractivity contribution is 5.79. The molecule has 0 unspecified atom stereocenters. The van der Waals surface area contributed by atoms with Gasteiger partial charge in [0.15, 0.2) is 5.96 Å². The van der Waals surface area contributed by atoms with Crippen LogP contribution < -0.4 is 15.4 Å². The maximum Gasteiger partial charge on any atom is 0.191 e. The second-order valence-corrected chi connectivity index (χ2v) is 7.06. The van der Waals surface area contributed by atoms with E-state index in [0.717, 1.165) is 30.5 Å². The molecular formula is C22H30N4O. The Morgan fingerprint density at radius 1 is 1.11 bits per heavy atom. The SMILES string of the molecule is CCNC(=NCc1ccccn1)NCC1(c2ccccc2OC)CCCC1. The van der Waals surface area contributed by atoms with Gasteiger partial charge < -0.3 is 15.4 Å². The second-order valence-electron chi connectivity index (χ2n) is 7.06. The van der Waals surface area contributed by atoms with Crippen LogP contribution >= 0.6 is 0 Å². The van der Waals surface area contributed by atoms with Crippen molar-refractivity contribution >= 4 is 5.96 Å². The van der Waals surface area contributed by atoms with Crippen LogP contribution in [0.1, 0.15) is 43.9 Å². The molecule has 1 aromatic heterocycles. The highest BCUT2D eigenvalue weighted by atomic mass is 16.5. The minimum absolute atomic E-state index is 0.0911. The van der Waals surface area contributed by atoms with E-state index >= 15 is 0 Å². The zero-order chi connectivity index (χ0) is 19.0. The minimum atomic E-state index is 0.0911. The van der Waals surface area contributed by atoms with Crippen molar-refractivity contribution in [1.29, 1.82) is 0 Å². The fraction of sp³-hybridized carbons (Fsp3) is 0.455. The van der Waals surface area contributed by atoms with Gasteiger partial charge in [0.2, 0.25) is 0 Å². The highest BCUT2D eigenvalue weighted by Gasteiger charge is 2.37. The van der Waals surface area contributed by atoms with E-state index in [1.807, 2.05) is 24.3 Å². The molecule has 1 fully saturated rings. The first-order chi connectivity index (χ1) is 13.3. The van der Waals surface area contributed by atoms with E-state index < -0.39 is 0 Å². The average molecular weight is 367 g/mol. The van der Waals surface area contributed by atoms with E-state index in [2.05, 4.69) is 40.7 Å². The number of aliphatic imine (C=N–C) groups is 1. The molecule has 0 spiro atoms. The molecule has 1 aliphatic carbocycles. The molecule has 0 bridgehead atoms. The molecule has 0 amide bonds. The number of methoxy groups -OCH3 is 1. The summed E-state index contributed by atoms with van der Waals surface area (Å²) in [6.45, 7) is 4.33. The van der Waals surface area contributed by atoms with E-state index in [-0.39, 0.29) is 5.41 Å². The molecule has 27 heavy (non-hydrogen) atoms. The largest absolute Gasteiger partial charge is 0.496 e. The van der Waals surface area contributed by atoms with Gasteiger partial charge in [-0.25, -0.2) is 4.99 Å². The van der Waals surface area contributed by atoms with Gasteiger partial charge >= 0.3 is 0 Å². The number of pyridine rings is 1. The number of para-hydroxylation sites is 1. The van der Waals surface area contributed by atoms with Crippen LogP contribution in [0.3, 0.4) is 0 Å². The minimum Gasteiger partial charge on any atom is -0.496 e. The average Bonchev–Trinajstić information content (AvgIpc) is 3.21. The standard InChI is InChI=1S/C22H30N4O/c1-3-23-21(25-16-18-10-6-9-15-24-18)26-17-22(13-7-8-14-22)19-11-4-5-12-20(19)27-2/h4-6,9-12,15H,3,7-8,13-14,16-17H2,1-2H3,(H2,23,25,26). The summed E-state index contributed by atoms with van der Waals surface area (Å²) in [5.74, 6) is 1.82. The number of nitrogens with zero attached hydrogens (tertiary/aromatic N) is 2. The molecule has 1 heterocycles. The van der Waals surface area contributed by atoms with Gasteiger partial charge in [0, 0.05) is 30.3 Å². The maximum atomic E-state index is 5.66. The summed E-state index contributed by atoms with van der Waals surface area (Å²) in [6.07, 6.45) is 6.64. The molecule has 1 aliphatic rings. The van der Waals surface area contributed by atoms with Gasteiger partial charge in [-0.3, -0.25) is 4.98 Å². The normalized spacial score (nSPS) is 16.1. The molecule has 0 aliphatic heterocycles. The zero-order valence-corrected chi connectivity index (χ0v) is 16.4. The first-order valence-electron chi connectivity index (χ1n) is 9.83. The van der Waals surface area contributed by atoms with Gasteiger partial charge in [0.05, 0.1) is 19.3 Å². The van der Waals surface area contributed by atoms with Crippen molar-refractivity contribution in [2.75, 3.05) is 20.2 Å². The zero-order valence-electron chi connectivity index (χ0n) is 16.4. The van der Waals surface area contributed by atoms with Gasteiger partial charge in [-0.05, 0) is 38.0 Å². The summed E-state index contributed by atoms with van der Waals surface area (Å²) in [5.41, 5.74) is 2.36. The van der Waals surface area contributed by atoms with Gasteiger partial charge in [-0.1, -0.05) is 37.1 Å². The van der Waals surface area contributed by atoms with Gasteiger partial charge in [-0.2, -0.15) is 0 Å². The lowest BCUT2D eigenvalue weighted by molar-refractivity contribution is 0.371. The van der Waals surface area contributed by atoms with Crippen molar-refractivity contribution in [3.8, 4) is 5.75 Å². The number of hydrogen-bond donors (Lipinski definition) is 2. The molecule has 5 nitrogen and oxygen atoms in total. The van der Waals surface area contributed by atoms with Gasteiger partial charge in [0.1, 0.15) is 5.75 Å². The van der Waals surface area contributed by atoms with Gasteiger partial charge in [-0.15, -0.1) is 0 Å². The number of guanidine groups is 1. The maximum absolute atomic E-state index is 5.66. The molecule has 1 aromatic carbocycles. The first-order valence-corrected chi connectivity index (χ1v) is 9.83. The Labute approximate surface area is 162 Å². The van der Waals surface area contributed by atoms with E-state index in [4.69, 9.17) is 9.73 Å². The summed E-state index contributed by atoms with van der Waals surface area (Å²) in [4.78, 5) is 9.07. The Morgan fingerprint density at radius 3 is 2.59 bits per heavy atom. The number of benzene rings is 1. The Morgan fingerprint density at radius 2 is 1.89 bits per heavy atom. The Bertz CT molecular complexity index is 739. The molecule has 2 aromatic rings. The van der Waals surface area contributed by atoms with Crippen molar-refractivity contribution in [3.05, 3.63) is 59.9 Å². The molecular weight excluding hydrogens is 336 g/mol. The van der Waals surface area contributed by atoms with Crippen LogP contribution in [0.15, 0.2) is 53.7 Å². The molecule has 3 rings (SSSR count). The summed E-state index contributed by atoms with van der Waals surface area (Å²) in [7, 11) is 1.76. The van der Waals surface area contributed by atoms with E-state index in [0.29, 0.717) is 6.54 Å². The van der Waals surface area contributed by atoms with E-state index in [9.17, 15) is 0 Å². The Kier molecular flexibility index (Phi) is 6.69. The molecule has 1 saturated carbocycles. The third-order valence-corrected chi connectivity index (χ3v) is 5.30. The van der Waals surface area contributed by atoms with Crippen molar-refractivity contribution in [2.24, 2.45) is 4.99 Å². The summed E-state index contributed by atoms with van der Waals surface area (Å²) < 4.78 is 5.66. The molecule has 2 N–H and O–H groups in total. The molecule has 0 radical (unpaired) electrons. The van der Waals surface area contributed by atoms with Crippen molar-refractivity contribution in [1.82, 2.24) is 15.6 Å². The summed E-state index contributed by atoms with van der Waals surface area (Å²) >= 11 is 0. The molecule has 0 atom stereocenters. The predicted octanol–water partition coefficient (Wildman–Crippen LogP) is 3.66. The van der Waals surface area contributed by atoms with E-state index in [1.165, 1.54) is 31.2 Å².